The van der Waals surface area contributed by atoms with Crippen LogP contribution >= 0.6 is 11.6 Å². The summed E-state index contributed by atoms with van der Waals surface area (Å²) in [6.45, 7) is 6.63. The lowest BCUT2D eigenvalue weighted by Crippen LogP contribution is -2.25. The number of halogens is 1. The summed E-state index contributed by atoms with van der Waals surface area (Å²) in [5, 5.41) is 3.32. The Kier molecular flexibility index (Phi) is 6.84. The van der Waals surface area contributed by atoms with E-state index in [9.17, 15) is 4.79 Å². The van der Waals surface area contributed by atoms with E-state index in [2.05, 4.69) is 5.32 Å². The number of hydrogen-bond acceptors (Lipinski definition) is 3. The molecule has 1 amide bonds. The highest BCUT2D eigenvalue weighted by atomic mass is 35.5. The number of rotatable bonds is 7. The first-order chi connectivity index (χ1) is 9.08. The SMILES string of the molecule is CCOC(CC(=O)Nc1c(C)cccc1Cl)OCC. The van der Waals surface area contributed by atoms with Gasteiger partial charge in [-0.15, -0.1) is 0 Å². The molecule has 19 heavy (non-hydrogen) atoms. The number of nitrogens with one attached hydrogen (secondary N) is 1. The molecule has 0 saturated carbocycles. The minimum absolute atomic E-state index is 0.145. The van der Waals surface area contributed by atoms with Crippen molar-refractivity contribution in [3.8, 4) is 0 Å². The van der Waals surface area contributed by atoms with Gasteiger partial charge in [-0.1, -0.05) is 23.7 Å². The largest absolute Gasteiger partial charge is 0.352 e. The molecule has 0 unspecified atom stereocenters. The summed E-state index contributed by atoms with van der Waals surface area (Å²) in [4.78, 5) is 11.9. The Labute approximate surface area is 119 Å². The minimum Gasteiger partial charge on any atom is -0.352 e. The summed E-state index contributed by atoms with van der Waals surface area (Å²) < 4.78 is 10.7. The molecule has 0 fully saturated rings. The van der Waals surface area contributed by atoms with Crippen LogP contribution in [-0.2, 0) is 14.3 Å². The van der Waals surface area contributed by atoms with E-state index in [0.717, 1.165) is 5.56 Å². The number of anilines is 1. The first-order valence-corrected chi connectivity index (χ1v) is 6.74. The van der Waals surface area contributed by atoms with Gasteiger partial charge in [0, 0.05) is 13.2 Å². The second kappa shape index (κ2) is 8.15. The van der Waals surface area contributed by atoms with E-state index in [0.29, 0.717) is 23.9 Å². The van der Waals surface area contributed by atoms with Gasteiger partial charge in [0.1, 0.15) is 0 Å². The van der Waals surface area contributed by atoms with Crippen LogP contribution in [0.15, 0.2) is 18.2 Å². The Morgan fingerprint density at radius 1 is 1.32 bits per heavy atom. The molecule has 0 saturated heterocycles. The molecule has 5 heteroatoms. The molecule has 0 aliphatic rings. The fourth-order valence-electron chi connectivity index (χ4n) is 1.67. The maximum absolute atomic E-state index is 11.9. The van der Waals surface area contributed by atoms with Gasteiger partial charge < -0.3 is 14.8 Å². The number of para-hydroxylation sites is 1. The van der Waals surface area contributed by atoms with Gasteiger partial charge in [0.05, 0.1) is 17.1 Å². The summed E-state index contributed by atoms with van der Waals surface area (Å²) in [6, 6.07) is 5.48. The Hall–Kier alpha value is -1.10. The molecule has 1 aromatic rings. The van der Waals surface area contributed by atoms with Gasteiger partial charge in [-0.05, 0) is 32.4 Å². The van der Waals surface area contributed by atoms with E-state index in [1.807, 2.05) is 32.9 Å². The lowest BCUT2D eigenvalue weighted by molar-refractivity contribution is -0.150. The summed E-state index contributed by atoms with van der Waals surface area (Å²) in [5.41, 5.74) is 1.56. The van der Waals surface area contributed by atoms with E-state index in [1.54, 1.807) is 6.07 Å². The van der Waals surface area contributed by atoms with Crippen LogP contribution in [0.1, 0.15) is 25.8 Å². The fourth-order valence-corrected chi connectivity index (χ4v) is 1.94. The van der Waals surface area contributed by atoms with Gasteiger partial charge >= 0.3 is 0 Å². The minimum atomic E-state index is -0.516. The van der Waals surface area contributed by atoms with Crippen molar-refractivity contribution in [1.82, 2.24) is 0 Å². The third-order valence-electron chi connectivity index (χ3n) is 2.54. The monoisotopic (exact) mass is 285 g/mol. The van der Waals surface area contributed by atoms with Crippen LogP contribution in [-0.4, -0.2) is 25.4 Å². The Morgan fingerprint density at radius 3 is 2.47 bits per heavy atom. The smallest absolute Gasteiger partial charge is 0.229 e. The first-order valence-electron chi connectivity index (χ1n) is 6.36. The van der Waals surface area contributed by atoms with Crippen molar-refractivity contribution in [2.45, 2.75) is 33.5 Å². The number of ether oxygens (including phenoxy) is 2. The standard InChI is InChI=1S/C14H20ClNO3/c1-4-18-13(19-5-2)9-12(17)16-14-10(3)7-6-8-11(14)15/h6-8,13H,4-5,9H2,1-3H3,(H,16,17). The summed E-state index contributed by atoms with van der Waals surface area (Å²) in [7, 11) is 0. The summed E-state index contributed by atoms with van der Waals surface area (Å²) in [6.07, 6.45) is -0.371. The number of benzene rings is 1. The van der Waals surface area contributed by atoms with Gasteiger partial charge in [0.2, 0.25) is 5.91 Å². The van der Waals surface area contributed by atoms with Crippen molar-refractivity contribution in [3.63, 3.8) is 0 Å². The lowest BCUT2D eigenvalue weighted by atomic mass is 10.2. The van der Waals surface area contributed by atoms with Crippen LogP contribution in [0.4, 0.5) is 5.69 Å². The Bertz CT molecular complexity index is 397. The second-order valence-corrected chi connectivity index (χ2v) is 4.43. The zero-order valence-electron chi connectivity index (χ0n) is 11.5. The molecule has 0 radical (unpaired) electrons. The van der Waals surface area contributed by atoms with E-state index < -0.39 is 6.29 Å². The number of hydrogen-bond donors (Lipinski definition) is 1. The van der Waals surface area contributed by atoms with Crippen molar-refractivity contribution in [1.29, 1.82) is 0 Å². The predicted molar refractivity (Wildman–Crippen MR) is 76.5 cm³/mol. The first kappa shape index (κ1) is 16.0. The van der Waals surface area contributed by atoms with Crippen LogP contribution in [0.25, 0.3) is 0 Å². The predicted octanol–water partition coefficient (Wildman–Crippen LogP) is 3.38. The molecular weight excluding hydrogens is 266 g/mol. The van der Waals surface area contributed by atoms with Crippen LogP contribution < -0.4 is 5.32 Å². The zero-order valence-corrected chi connectivity index (χ0v) is 12.3. The number of carbonyl (C=O) groups excluding carboxylic acids is 1. The van der Waals surface area contributed by atoms with Crippen molar-refractivity contribution in [2.24, 2.45) is 0 Å². The highest BCUT2D eigenvalue weighted by Crippen LogP contribution is 2.25. The average Bonchev–Trinajstić information content (AvgIpc) is 2.35. The fraction of sp³-hybridized carbons (Fsp3) is 0.500. The molecule has 0 aromatic heterocycles. The molecule has 0 atom stereocenters. The van der Waals surface area contributed by atoms with Crippen LogP contribution in [0.5, 0.6) is 0 Å². The molecule has 0 spiro atoms. The van der Waals surface area contributed by atoms with Gasteiger partial charge in [-0.2, -0.15) is 0 Å². The third-order valence-corrected chi connectivity index (χ3v) is 2.86. The molecule has 0 heterocycles. The van der Waals surface area contributed by atoms with E-state index >= 15 is 0 Å². The zero-order chi connectivity index (χ0) is 14.3. The van der Waals surface area contributed by atoms with Crippen molar-refractivity contribution in [3.05, 3.63) is 28.8 Å². The molecule has 106 valence electrons. The van der Waals surface area contributed by atoms with Gasteiger partial charge in [-0.3, -0.25) is 4.79 Å². The van der Waals surface area contributed by atoms with Crippen molar-refractivity contribution in [2.75, 3.05) is 18.5 Å². The molecule has 1 rings (SSSR count). The van der Waals surface area contributed by atoms with Crippen molar-refractivity contribution < 1.29 is 14.3 Å². The molecule has 0 aliphatic carbocycles. The maximum atomic E-state index is 11.9. The number of amides is 1. The molecule has 1 N–H and O–H groups in total. The summed E-state index contributed by atoms with van der Waals surface area (Å²) >= 11 is 6.06. The second-order valence-electron chi connectivity index (χ2n) is 4.02. The van der Waals surface area contributed by atoms with Crippen LogP contribution in [0.3, 0.4) is 0 Å². The third kappa shape index (κ3) is 5.19. The quantitative estimate of drug-likeness (QED) is 0.781. The average molecular weight is 286 g/mol. The van der Waals surface area contributed by atoms with Crippen LogP contribution in [0.2, 0.25) is 5.02 Å². The van der Waals surface area contributed by atoms with E-state index in [-0.39, 0.29) is 12.3 Å². The van der Waals surface area contributed by atoms with E-state index in [4.69, 9.17) is 21.1 Å². The Morgan fingerprint density at radius 2 is 1.95 bits per heavy atom. The molecule has 4 nitrogen and oxygen atoms in total. The highest BCUT2D eigenvalue weighted by Gasteiger charge is 2.15. The van der Waals surface area contributed by atoms with E-state index in [1.165, 1.54) is 0 Å². The molecular formula is C14H20ClNO3. The Balaban J connectivity index is 2.63. The van der Waals surface area contributed by atoms with Crippen molar-refractivity contribution >= 4 is 23.2 Å². The van der Waals surface area contributed by atoms with Gasteiger partial charge in [0.25, 0.3) is 0 Å². The highest BCUT2D eigenvalue weighted by molar-refractivity contribution is 6.33. The molecule has 0 aliphatic heterocycles. The number of carbonyl (C=O) groups is 1. The molecule has 0 bridgehead atoms. The van der Waals surface area contributed by atoms with Gasteiger partial charge in [-0.25, -0.2) is 0 Å². The number of aryl methyl sites for hydroxylation is 1. The summed E-state index contributed by atoms with van der Waals surface area (Å²) in [5.74, 6) is -0.178. The maximum Gasteiger partial charge on any atom is 0.229 e. The molecule has 1 aromatic carbocycles. The topological polar surface area (TPSA) is 47.6 Å². The van der Waals surface area contributed by atoms with Gasteiger partial charge in [0.15, 0.2) is 6.29 Å². The van der Waals surface area contributed by atoms with Crippen LogP contribution in [0, 0.1) is 6.92 Å². The lowest BCUT2D eigenvalue weighted by Gasteiger charge is -2.17. The normalized spacial score (nSPS) is 10.8.